The smallest absolute Gasteiger partial charge is 0.230 e. The van der Waals surface area contributed by atoms with Crippen LogP contribution in [0, 0.1) is 6.92 Å². The van der Waals surface area contributed by atoms with E-state index in [1.165, 1.54) is 11.1 Å². The fourth-order valence-corrected chi connectivity index (χ4v) is 2.18. The van der Waals surface area contributed by atoms with Gasteiger partial charge in [-0.05, 0) is 19.4 Å². The maximum absolute atomic E-state index is 11.4. The lowest BCUT2D eigenvalue weighted by atomic mass is 10.2. The summed E-state index contributed by atoms with van der Waals surface area (Å²) in [5.41, 5.74) is 2.47. The topological polar surface area (TPSA) is 49.3 Å². The third kappa shape index (κ3) is 6.34. The molecular formula is C13H19NO2S. The summed E-state index contributed by atoms with van der Waals surface area (Å²) in [5, 5.41) is 11.7. The Morgan fingerprint density at radius 1 is 1.53 bits per heavy atom. The van der Waals surface area contributed by atoms with Gasteiger partial charge in [-0.25, -0.2) is 0 Å². The van der Waals surface area contributed by atoms with Crippen molar-refractivity contribution >= 4 is 17.7 Å². The van der Waals surface area contributed by atoms with E-state index in [0.717, 1.165) is 5.75 Å². The molecule has 0 saturated heterocycles. The number of nitrogens with one attached hydrogen (secondary N) is 1. The van der Waals surface area contributed by atoms with Gasteiger partial charge >= 0.3 is 0 Å². The van der Waals surface area contributed by atoms with Gasteiger partial charge in [0.15, 0.2) is 0 Å². The van der Waals surface area contributed by atoms with E-state index < -0.39 is 6.10 Å². The van der Waals surface area contributed by atoms with Gasteiger partial charge in [-0.15, -0.1) is 11.8 Å². The molecule has 0 saturated carbocycles. The molecule has 1 amide bonds. The van der Waals surface area contributed by atoms with Crippen LogP contribution in [0.1, 0.15) is 18.1 Å². The average molecular weight is 253 g/mol. The summed E-state index contributed by atoms with van der Waals surface area (Å²) in [4.78, 5) is 11.4. The van der Waals surface area contributed by atoms with E-state index in [2.05, 4.69) is 30.4 Å². The number of hydrogen-bond acceptors (Lipinski definition) is 3. The highest BCUT2D eigenvalue weighted by Gasteiger charge is 2.03. The molecule has 0 aliphatic rings. The number of thioether (sulfide) groups is 1. The zero-order chi connectivity index (χ0) is 12.7. The van der Waals surface area contributed by atoms with E-state index in [1.54, 1.807) is 18.7 Å². The van der Waals surface area contributed by atoms with Crippen molar-refractivity contribution in [3.63, 3.8) is 0 Å². The molecule has 1 aromatic carbocycles. The number of aliphatic hydroxyl groups is 1. The first-order valence-electron chi connectivity index (χ1n) is 5.66. The Hall–Kier alpha value is -1.00. The first-order valence-corrected chi connectivity index (χ1v) is 6.81. The van der Waals surface area contributed by atoms with Gasteiger partial charge in [0.2, 0.25) is 5.91 Å². The minimum Gasteiger partial charge on any atom is -0.392 e. The molecule has 0 heterocycles. The van der Waals surface area contributed by atoms with Gasteiger partial charge in [0, 0.05) is 12.3 Å². The van der Waals surface area contributed by atoms with Gasteiger partial charge in [-0.3, -0.25) is 4.79 Å². The predicted octanol–water partition coefficient (Wildman–Crippen LogP) is 1.73. The van der Waals surface area contributed by atoms with Crippen molar-refractivity contribution in [2.24, 2.45) is 0 Å². The Balaban J connectivity index is 2.21. The standard InChI is InChI=1S/C13H19NO2S/c1-10-4-3-5-12(6-10)8-17-9-13(16)14-7-11(2)15/h3-6,11,15H,7-9H2,1-2H3,(H,14,16). The molecule has 0 bridgehead atoms. The van der Waals surface area contributed by atoms with Crippen molar-refractivity contribution < 1.29 is 9.90 Å². The molecule has 0 radical (unpaired) electrons. The van der Waals surface area contributed by atoms with E-state index in [1.807, 2.05) is 6.07 Å². The number of carbonyl (C=O) groups is 1. The summed E-state index contributed by atoms with van der Waals surface area (Å²) in [5.74, 6) is 1.24. The fourth-order valence-electron chi connectivity index (χ4n) is 1.38. The molecule has 0 spiro atoms. The largest absolute Gasteiger partial charge is 0.392 e. The van der Waals surface area contributed by atoms with Crippen LogP contribution in [0.15, 0.2) is 24.3 Å². The number of amides is 1. The van der Waals surface area contributed by atoms with Gasteiger partial charge in [-0.1, -0.05) is 29.8 Å². The van der Waals surface area contributed by atoms with Gasteiger partial charge in [-0.2, -0.15) is 0 Å². The third-order valence-electron chi connectivity index (χ3n) is 2.18. The summed E-state index contributed by atoms with van der Waals surface area (Å²) in [7, 11) is 0. The van der Waals surface area contributed by atoms with Gasteiger partial charge in [0.05, 0.1) is 11.9 Å². The van der Waals surface area contributed by atoms with Crippen LogP contribution < -0.4 is 5.32 Å². The molecule has 0 aliphatic carbocycles. The molecule has 1 unspecified atom stereocenters. The number of rotatable bonds is 6. The Labute approximate surface area is 107 Å². The Morgan fingerprint density at radius 3 is 2.94 bits per heavy atom. The lowest BCUT2D eigenvalue weighted by Crippen LogP contribution is -2.31. The molecule has 94 valence electrons. The minimum absolute atomic E-state index is 0.0245. The van der Waals surface area contributed by atoms with Crippen LogP contribution in [-0.2, 0) is 10.5 Å². The molecule has 2 N–H and O–H groups in total. The quantitative estimate of drug-likeness (QED) is 0.811. The highest BCUT2D eigenvalue weighted by Crippen LogP contribution is 2.13. The molecule has 17 heavy (non-hydrogen) atoms. The number of carbonyl (C=O) groups excluding carboxylic acids is 1. The van der Waals surface area contributed by atoms with Crippen molar-refractivity contribution in [3.8, 4) is 0 Å². The second-order valence-corrected chi connectivity index (χ2v) is 5.12. The van der Waals surface area contributed by atoms with E-state index in [4.69, 9.17) is 5.11 Å². The van der Waals surface area contributed by atoms with Crippen LogP contribution in [-0.4, -0.2) is 29.4 Å². The second kappa shape index (κ2) is 7.35. The Bertz CT molecular complexity index is 366. The minimum atomic E-state index is -0.485. The Kier molecular flexibility index (Phi) is 6.08. The SMILES string of the molecule is Cc1cccc(CSCC(=O)NCC(C)O)c1. The maximum Gasteiger partial charge on any atom is 0.230 e. The molecule has 0 aliphatic heterocycles. The van der Waals surface area contributed by atoms with Gasteiger partial charge < -0.3 is 10.4 Å². The molecule has 0 aromatic heterocycles. The zero-order valence-corrected chi connectivity index (χ0v) is 11.1. The molecular weight excluding hydrogens is 234 g/mol. The van der Waals surface area contributed by atoms with Crippen LogP contribution in [0.25, 0.3) is 0 Å². The number of benzene rings is 1. The van der Waals surface area contributed by atoms with Crippen LogP contribution in [0.2, 0.25) is 0 Å². The third-order valence-corrected chi connectivity index (χ3v) is 3.18. The first kappa shape index (κ1) is 14.1. The van der Waals surface area contributed by atoms with E-state index in [-0.39, 0.29) is 5.91 Å². The van der Waals surface area contributed by atoms with E-state index in [0.29, 0.717) is 12.3 Å². The van der Waals surface area contributed by atoms with Crippen molar-refractivity contribution in [1.82, 2.24) is 5.32 Å². The maximum atomic E-state index is 11.4. The number of aryl methyl sites for hydroxylation is 1. The van der Waals surface area contributed by atoms with Crippen molar-refractivity contribution in [2.45, 2.75) is 25.7 Å². The van der Waals surface area contributed by atoms with E-state index in [9.17, 15) is 4.79 Å². The lowest BCUT2D eigenvalue weighted by Gasteiger charge is -2.07. The van der Waals surface area contributed by atoms with Crippen molar-refractivity contribution in [2.75, 3.05) is 12.3 Å². The van der Waals surface area contributed by atoms with Crippen LogP contribution in [0.5, 0.6) is 0 Å². The van der Waals surface area contributed by atoms with Crippen molar-refractivity contribution in [3.05, 3.63) is 35.4 Å². The second-order valence-electron chi connectivity index (χ2n) is 4.13. The average Bonchev–Trinajstić information content (AvgIpc) is 2.26. The van der Waals surface area contributed by atoms with Crippen molar-refractivity contribution in [1.29, 1.82) is 0 Å². The normalized spacial score (nSPS) is 12.2. The molecule has 1 atom stereocenters. The lowest BCUT2D eigenvalue weighted by molar-refractivity contribution is -0.118. The summed E-state index contributed by atoms with van der Waals surface area (Å²) < 4.78 is 0. The summed E-state index contributed by atoms with van der Waals surface area (Å²) in [6.07, 6.45) is -0.485. The van der Waals surface area contributed by atoms with Crippen LogP contribution in [0.3, 0.4) is 0 Å². The van der Waals surface area contributed by atoms with Gasteiger partial charge in [0.1, 0.15) is 0 Å². The van der Waals surface area contributed by atoms with E-state index >= 15 is 0 Å². The molecule has 1 rings (SSSR count). The highest BCUT2D eigenvalue weighted by molar-refractivity contribution is 7.99. The summed E-state index contributed by atoms with van der Waals surface area (Å²) >= 11 is 1.58. The monoisotopic (exact) mass is 253 g/mol. The summed E-state index contributed by atoms with van der Waals surface area (Å²) in [6, 6.07) is 8.27. The highest BCUT2D eigenvalue weighted by atomic mass is 32.2. The predicted molar refractivity (Wildman–Crippen MR) is 72.0 cm³/mol. The van der Waals surface area contributed by atoms with Gasteiger partial charge in [0.25, 0.3) is 0 Å². The molecule has 3 nitrogen and oxygen atoms in total. The van der Waals surface area contributed by atoms with Crippen LogP contribution >= 0.6 is 11.8 Å². The molecule has 1 aromatic rings. The number of hydrogen-bond donors (Lipinski definition) is 2. The molecule has 0 fully saturated rings. The molecule has 4 heteroatoms. The number of aliphatic hydroxyl groups excluding tert-OH is 1. The Morgan fingerprint density at radius 2 is 2.29 bits per heavy atom. The zero-order valence-electron chi connectivity index (χ0n) is 10.3. The summed E-state index contributed by atoms with van der Waals surface area (Å²) in [6.45, 7) is 4.04. The van der Waals surface area contributed by atoms with Crippen LogP contribution in [0.4, 0.5) is 0 Å². The first-order chi connectivity index (χ1) is 8.08. The fraction of sp³-hybridized carbons (Fsp3) is 0.462.